The van der Waals surface area contributed by atoms with Gasteiger partial charge in [0.05, 0.1) is 6.04 Å². The van der Waals surface area contributed by atoms with E-state index in [1.807, 2.05) is 72.8 Å². The van der Waals surface area contributed by atoms with Crippen molar-refractivity contribution < 1.29 is 19.4 Å². The number of carbonyl (C=O) groups is 2. The predicted octanol–water partition coefficient (Wildman–Crippen LogP) is 3.37. The highest BCUT2D eigenvalue weighted by Crippen LogP contribution is 2.46. The number of nitrogens with one attached hydrogen (secondary N) is 1. The molecule has 1 aliphatic carbocycles. The molecule has 1 amide bonds. The van der Waals surface area contributed by atoms with Crippen molar-refractivity contribution in [1.29, 1.82) is 0 Å². The fraction of sp³-hybridized carbons (Fsp3) is 0.167. The molecule has 0 aliphatic heterocycles. The van der Waals surface area contributed by atoms with E-state index in [1.165, 1.54) is 0 Å². The molecular weight excluding hydrogens is 380 g/mol. The van der Waals surface area contributed by atoms with Gasteiger partial charge < -0.3 is 20.9 Å². The van der Waals surface area contributed by atoms with Gasteiger partial charge in [0.25, 0.3) is 0 Å². The first-order valence-corrected chi connectivity index (χ1v) is 9.70. The van der Waals surface area contributed by atoms with Crippen LogP contribution in [0.3, 0.4) is 0 Å². The third-order valence-electron chi connectivity index (χ3n) is 5.14. The van der Waals surface area contributed by atoms with Crippen LogP contribution in [0.25, 0.3) is 11.1 Å². The second-order valence-corrected chi connectivity index (χ2v) is 7.26. The SMILES string of the molecule is N[C@@H](Cc1ccccc1)C(=O)Nc1ccc2c(c1)C(OCC(=O)O)c1ccccc1-2. The lowest BCUT2D eigenvalue weighted by Crippen LogP contribution is -2.37. The van der Waals surface area contributed by atoms with Crippen LogP contribution in [0.2, 0.25) is 0 Å². The van der Waals surface area contributed by atoms with Crippen LogP contribution in [0.4, 0.5) is 5.69 Å². The van der Waals surface area contributed by atoms with Crippen molar-refractivity contribution in [1.82, 2.24) is 0 Å². The van der Waals surface area contributed by atoms with Crippen LogP contribution < -0.4 is 11.1 Å². The number of fused-ring (bicyclic) bond motifs is 3. The molecule has 0 aromatic heterocycles. The van der Waals surface area contributed by atoms with Crippen molar-refractivity contribution in [2.75, 3.05) is 11.9 Å². The molecule has 152 valence electrons. The Balaban J connectivity index is 1.54. The van der Waals surface area contributed by atoms with Crippen molar-refractivity contribution in [3.8, 4) is 11.1 Å². The van der Waals surface area contributed by atoms with Gasteiger partial charge in [0, 0.05) is 5.69 Å². The summed E-state index contributed by atoms with van der Waals surface area (Å²) in [5, 5.41) is 11.9. The van der Waals surface area contributed by atoms with Crippen LogP contribution >= 0.6 is 0 Å². The number of hydrogen-bond acceptors (Lipinski definition) is 4. The Morgan fingerprint density at radius 1 is 0.967 bits per heavy atom. The summed E-state index contributed by atoms with van der Waals surface area (Å²) in [5.41, 5.74) is 11.4. The third kappa shape index (κ3) is 4.10. The van der Waals surface area contributed by atoms with Crippen LogP contribution in [0.15, 0.2) is 72.8 Å². The number of hydrogen-bond donors (Lipinski definition) is 3. The van der Waals surface area contributed by atoms with Gasteiger partial charge in [-0.05, 0) is 46.4 Å². The Morgan fingerprint density at radius 2 is 1.67 bits per heavy atom. The highest BCUT2D eigenvalue weighted by atomic mass is 16.5. The topological polar surface area (TPSA) is 102 Å². The lowest BCUT2D eigenvalue weighted by atomic mass is 10.0. The molecule has 6 heteroatoms. The highest BCUT2D eigenvalue weighted by molar-refractivity contribution is 5.95. The molecule has 4 rings (SSSR count). The Hall–Kier alpha value is -3.48. The number of carbonyl (C=O) groups excluding carboxylic acids is 1. The molecular formula is C24H22N2O4. The third-order valence-corrected chi connectivity index (χ3v) is 5.14. The molecule has 0 fully saturated rings. The maximum atomic E-state index is 12.6. The second-order valence-electron chi connectivity index (χ2n) is 7.26. The minimum Gasteiger partial charge on any atom is -0.480 e. The van der Waals surface area contributed by atoms with Gasteiger partial charge in [0.2, 0.25) is 5.91 Å². The average Bonchev–Trinajstić information content (AvgIpc) is 3.06. The van der Waals surface area contributed by atoms with Crippen LogP contribution in [-0.2, 0) is 20.7 Å². The van der Waals surface area contributed by atoms with Gasteiger partial charge in [-0.1, -0.05) is 60.7 Å². The molecule has 1 aliphatic rings. The smallest absolute Gasteiger partial charge is 0.329 e. The zero-order valence-corrected chi connectivity index (χ0v) is 16.2. The summed E-state index contributed by atoms with van der Waals surface area (Å²) >= 11 is 0. The highest BCUT2D eigenvalue weighted by Gasteiger charge is 2.30. The van der Waals surface area contributed by atoms with E-state index in [2.05, 4.69) is 5.32 Å². The first-order chi connectivity index (χ1) is 14.5. The summed E-state index contributed by atoms with van der Waals surface area (Å²) in [4.78, 5) is 23.6. The fourth-order valence-corrected chi connectivity index (χ4v) is 3.77. The van der Waals surface area contributed by atoms with E-state index in [4.69, 9.17) is 15.6 Å². The van der Waals surface area contributed by atoms with Crippen molar-refractivity contribution in [2.24, 2.45) is 5.73 Å². The number of rotatable bonds is 7. The van der Waals surface area contributed by atoms with Crippen LogP contribution in [0.1, 0.15) is 22.8 Å². The molecule has 1 unspecified atom stereocenters. The lowest BCUT2D eigenvalue weighted by molar-refractivity contribution is -0.143. The Kier molecular flexibility index (Phi) is 5.61. The summed E-state index contributed by atoms with van der Waals surface area (Å²) in [6.45, 7) is -0.406. The number of nitrogens with two attached hydrogens (primary N) is 1. The Bertz CT molecular complexity index is 1080. The molecule has 3 aromatic rings. The van der Waals surface area contributed by atoms with Gasteiger partial charge in [0.15, 0.2) is 0 Å². The van der Waals surface area contributed by atoms with Gasteiger partial charge in [-0.2, -0.15) is 0 Å². The molecule has 30 heavy (non-hydrogen) atoms. The number of amides is 1. The van der Waals surface area contributed by atoms with Gasteiger partial charge in [-0.3, -0.25) is 4.79 Å². The molecule has 2 atom stereocenters. The minimum atomic E-state index is -1.03. The van der Waals surface area contributed by atoms with Crippen LogP contribution in [0.5, 0.6) is 0 Å². The van der Waals surface area contributed by atoms with Crippen LogP contribution in [0, 0.1) is 0 Å². The number of benzene rings is 3. The monoisotopic (exact) mass is 402 g/mol. The fourth-order valence-electron chi connectivity index (χ4n) is 3.77. The van der Waals surface area contributed by atoms with Gasteiger partial charge in [-0.15, -0.1) is 0 Å². The summed E-state index contributed by atoms with van der Waals surface area (Å²) in [5.74, 6) is -1.31. The minimum absolute atomic E-state index is 0.280. The van der Waals surface area contributed by atoms with Crippen molar-refractivity contribution in [2.45, 2.75) is 18.6 Å². The predicted molar refractivity (Wildman–Crippen MR) is 114 cm³/mol. The molecule has 4 N–H and O–H groups in total. The first kappa shape index (κ1) is 19.8. The van der Waals surface area contributed by atoms with Gasteiger partial charge in [-0.25, -0.2) is 4.79 Å². The maximum absolute atomic E-state index is 12.6. The van der Waals surface area contributed by atoms with E-state index >= 15 is 0 Å². The Morgan fingerprint density at radius 3 is 2.43 bits per heavy atom. The van der Waals surface area contributed by atoms with Crippen molar-refractivity contribution >= 4 is 17.6 Å². The van der Waals surface area contributed by atoms with Crippen molar-refractivity contribution in [3.05, 3.63) is 89.5 Å². The molecule has 0 radical (unpaired) electrons. The van der Waals surface area contributed by atoms with E-state index < -0.39 is 24.7 Å². The lowest BCUT2D eigenvalue weighted by Gasteiger charge is -2.16. The van der Waals surface area contributed by atoms with E-state index in [9.17, 15) is 9.59 Å². The zero-order chi connectivity index (χ0) is 21.1. The zero-order valence-electron chi connectivity index (χ0n) is 16.2. The quantitative estimate of drug-likeness (QED) is 0.562. The van der Waals surface area contributed by atoms with E-state index in [1.54, 1.807) is 0 Å². The summed E-state index contributed by atoms with van der Waals surface area (Å²) in [6, 6.07) is 22.2. The van der Waals surface area contributed by atoms with E-state index in [0.717, 1.165) is 27.8 Å². The summed E-state index contributed by atoms with van der Waals surface area (Å²) in [6.07, 6.45) is -0.0601. The summed E-state index contributed by atoms with van der Waals surface area (Å²) in [7, 11) is 0. The number of ether oxygens (including phenoxy) is 1. The average molecular weight is 402 g/mol. The van der Waals surface area contributed by atoms with Crippen LogP contribution in [-0.4, -0.2) is 29.6 Å². The molecule has 0 saturated heterocycles. The number of aliphatic carboxylic acids is 1. The van der Waals surface area contributed by atoms with Gasteiger partial charge in [0.1, 0.15) is 12.7 Å². The largest absolute Gasteiger partial charge is 0.480 e. The molecule has 0 saturated carbocycles. The molecule has 3 aromatic carbocycles. The van der Waals surface area contributed by atoms with Gasteiger partial charge >= 0.3 is 5.97 Å². The van der Waals surface area contributed by atoms with Crippen molar-refractivity contribution in [3.63, 3.8) is 0 Å². The Labute approximate surface area is 174 Å². The molecule has 6 nitrogen and oxygen atoms in total. The standard InChI is InChI=1S/C24H22N2O4/c25-21(12-15-6-2-1-3-7-15)24(29)26-16-10-11-18-17-8-4-5-9-19(17)23(20(18)13-16)30-14-22(27)28/h1-11,13,21,23H,12,14,25H2,(H,26,29)(H,27,28)/t21-,23?/m0/s1. The van der Waals surface area contributed by atoms with E-state index in [-0.39, 0.29) is 5.91 Å². The molecule has 0 bridgehead atoms. The summed E-state index contributed by atoms with van der Waals surface area (Å²) < 4.78 is 5.67. The normalized spacial score (nSPS) is 15.2. The number of anilines is 1. The number of carboxylic acids is 1. The van der Waals surface area contributed by atoms with E-state index in [0.29, 0.717) is 12.1 Å². The molecule has 0 spiro atoms. The number of carboxylic acid groups (broad SMARTS) is 1. The molecule has 0 heterocycles. The second kappa shape index (κ2) is 8.49. The maximum Gasteiger partial charge on any atom is 0.329 e. The first-order valence-electron chi connectivity index (χ1n) is 9.70.